The first-order valence-electron chi connectivity index (χ1n) is 17.2. The summed E-state index contributed by atoms with van der Waals surface area (Å²) in [4.78, 5) is 2.28. The van der Waals surface area contributed by atoms with Crippen LogP contribution in [0.3, 0.4) is 0 Å². The standard InChI is InChI=1S/C48H31NO2/c1-4-11-32(12-5-1)34-19-21-35(22-20-34)36-23-26-39(27-24-36)49(38-15-8-3-9-16-38)44-18-10-17-40-42-30-46-43(31-47(42)51-48(40)44)41-29-37(25-28-45(41)50-46)33-13-6-2-7-14-33/h1-31H. The number of rotatable bonds is 6. The summed E-state index contributed by atoms with van der Waals surface area (Å²) in [7, 11) is 0. The molecule has 0 amide bonds. The van der Waals surface area contributed by atoms with Gasteiger partial charge < -0.3 is 13.7 Å². The summed E-state index contributed by atoms with van der Waals surface area (Å²) < 4.78 is 13.2. The molecule has 51 heavy (non-hydrogen) atoms. The van der Waals surface area contributed by atoms with Crippen molar-refractivity contribution >= 4 is 60.9 Å². The van der Waals surface area contributed by atoms with E-state index in [-0.39, 0.29) is 0 Å². The van der Waals surface area contributed by atoms with Gasteiger partial charge >= 0.3 is 0 Å². The van der Waals surface area contributed by atoms with Gasteiger partial charge in [0.05, 0.1) is 5.69 Å². The van der Waals surface area contributed by atoms with Crippen LogP contribution < -0.4 is 4.90 Å². The predicted molar refractivity (Wildman–Crippen MR) is 212 cm³/mol. The topological polar surface area (TPSA) is 29.5 Å². The minimum Gasteiger partial charge on any atom is -0.456 e. The molecular weight excluding hydrogens is 623 g/mol. The molecule has 0 aliphatic carbocycles. The molecule has 10 aromatic rings. The zero-order valence-electron chi connectivity index (χ0n) is 27.7. The first-order valence-corrected chi connectivity index (χ1v) is 17.2. The molecule has 240 valence electrons. The summed E-state index contributed by atoms with van der Waals surface area (Å²) in [5.41, 5.74) is 13.6. The molecule has 0 radical (unpaired) electrons. The minimum atomic E-state index is 0.832. The second-order valence-corrected chi connectivity index (χ2v) is 12.9. The van der Waals surface area contributed by atoms with Gasteiger partial charge in [0.2, 0.25) is 0 Å². The quantitative estimate of drug-likeness (QED) is 0.179. The van der Waals surface area contributed by atoms with E-state index in [2.05, 4.69) is 175 Å². The average Bonchev–Trinajstić information content (AvgIpc) is 3.76. The number of benzene rings is 8. The maximum Gasteiger partial charge on any atom is 0.159 e. The molecule has 0 unspecified atom stereocenters. The number of anilines is 3. The fraction of sp³-hybridized carbons (Fsp3) is 0. The Morgan fingerprint density at radius 1 is 0.294 bits per heavy atom. The monoisotopic (exact) mass is 653 g/mol. The summed E-state index contributed by atoms with van der Waals surface area (Å²) in [6.07, 6.45) is 0. The summed E-state index contributed by atoms with van der Waals surface area (Å²) >= 11 is 0. The third-order valence-corrected chi connectivity index (χ3v) is 9.88. The van der Waals surface area contributed by atoms with Crippen LogP contribution in [0.1, 0.15) is 0 Å². The lowest BCUT2D eigenvalue weighted by Gasteiger charge is -2.25. The van der Waals surface area contributed by atoms with Gasteiger partial charge in [-0.15, -0.1) is 0 Å². The van der Waals surface area contributed by atoms with Crippen molar-refractivity contribution in [2.45, 2.75) is 0 Å². The number of nitrogens with zero attached hydrogens (tertiary/aromatic N) is 1. The Hall–Kier alpha value is -6.84. The minimum absolute atomic E-state index is 0.832. The lowest BCUT2D eigenvalue weighted by Crippen LogP contribution is -2.10. The fourth-order valence-corrected chi connectivity index (χ4v) is 7.33. The molecule has 0 bridgehead atoms. The van der Waals surface area contributed by atoms with Gasteiger partial charge in [-0.25, -0.2) is 0 Å². The largest absolute Gasteiger partial charge is 0.456 e. The van der Waals surface area contributed by atoms with E-state index in [0.717, 1.165) is 66.5 Å². The van der Waals surface area contributed by atoms with E-state index in [4.69, 9.17) is 8.83 Å². The van der Waals surface area contributed by atoms with Crippen molar-refractivity contribution in [3.05, 3.63) is 188 Å². The Morgan fingerprint density at radius 3 is 1.41 bits per heavy atom. The maximum atomic E-state index is 6.81. The van der Waals surface area contributed by atoms with E-state index in [9.17, 15) is 0 Å². The van der Waals surface area contributed by atoms with E-state index in [0.29, 0.717) is 0 Å². The van der Waals surface area contributed by atoms with Gasteiger partial charge in [0.25, 0.3) is 0 Å². The first-order chi connectivity index (χ1) is 25.3. The van der Waals surface area contributed by atoms with Gasteiger partial charge in [0, 0.05) is 32.9 Å². The van der Waals surface area contributed by atoms with Crippen molar-refractivity contribution in [3.8, 4) is 33.4 Å². The van der Waals surface area contributed by atoms with Crippen LogP contribution in [0.2, 0.25) is 0 Å². The van der Waals surface area contributed by atoms with Crippen LogP contribution in [-0.4, -0.2) is 0 Å². The van der Waals surface area contributed by atoms with Gasteiger partial charge in [0.15, 0.2) is 5.58 Å². The molecule has 2 aromatic heterocycles. The predicted octanol–water partition coefficient (Wildman–Crippen LogP) is 14.0. The number of hydrogen-bond acceptors (Lipinski definition) is 3. The van der Waals surface area contributed by atoms with Gasteiger partial charge in [-0.1, -0.05) is 133 Å². The summed E-state index contributed by atoms with van der Waals surface area (Å²) in [6, 6.07) is 66.1. The molecular formula is C48H31NO2. The zero-order chi connectivity index (χ0) is 33.7. The normalized spacial score (nSPS) is 11.5. The lowest BCUT2D eigenvalue weighted by atomic mass is 10.00. The second-order valence-electron chi connectivity index (χ2n) is 12.9. The molecule has 10 rings (SSSR count). The van der Waals surface area contributed by atoms with E-state index in [1.165, 1.54) is 27.8 Å². The molecule has 0 fully saturated rings. The Kier molecular flexibility index (Phi) is 6.81. The van der Waals surface area contributed by atoms with Crippen molar-refractivity contribution in [2.24, 2.45) is 0 Å². The van der Waals surface area contributed by atoms with Crippen LogP contribution in [0.25, 0.3) is 77.3 Å². The van der Waals surface area contributed by atoms with Crippen LogP contribution in [0.15, 0.2) is 197 Å². The molecule has 0 saturated heterocycles. The molecule has 0 N–H and O–H groups in total. The highest BCUT2D eigenvalue weighted by molar-refractivity contribution is 6.17. The van der Waals surface area contributed by atoms with Crippen molar-refractivity contribution in [1.82, 2.24) is 0 Å². The lowest BCUT2D eigenvalue weighted by molar-refractivity contribution is 0.664. The molecule has 8 aromatic carbocycles. The molecule has 2 heterocycles. The van der Waals surface area contributed by atoms with E-state index in [1.54, 1.807) is 0 Å². The maximum absolute atomic E-state index is 6.81. The molecule has 3 heteroatoms. The van der Waals surface area contributed by atoms with Gasteiger partial charge in [0.1, 0.15) is 16.7 Å². The van der Waals surface area contributed by atoms with Crippen molar-refractivity contribution in [3.63, 3.8) is 0 Å². The van der Waals surface area contributed by atoms with Gasteiger partial charge in [-0.3, -0.25) is 0 Å². The Labute approximate surface area is 295 Å². The van der Waals surface area contributed by atoms with E-state index in [1.807, 2.05) is 18.2 Å². The summed E-state index contributed by atoms with van der Waals surface area (Å²) in [5, 5.41) is 4.20. The van der Waals surface area contributed by atoms with Crippen molar-refractivity contribution in [1.29, 1.82) is 0 Å². The third-order valence-electron chi connectivity index (χ3n) is 9.88. The highest BCUT2D eigenvalue weighted by Gasteiger charge is 2.21. The van der Waals surface area contributed by atoms with Crippen LogP contribution in [0.5, 0.6) is 0 Å². The SMILES string of the molecule is c1ccc(-c2ccc(-c3ccc(N(c4ccccc4)c4cccc5c4oc4cc6c(cc45)oc4ccc(-c5ccccc5)cc46)cc3)cc2)cc1. The molecule has 0 aliphatic rings. The molecule has 0 saturated carbocycles. The third kappa shape index (κ3) is 5.06. The molecule has 0 aliphatic heterocycles. The van der Waals surface area contributed by atoms with Gasteiger partial charge in [-0.2, -0.15) is 0 Å². The van der Waals surface area contributed by atoms with E-state index >= 15 is 0 Å². The first kappa shape index (κ1) is 29.1. The van der Waals surface area contributed by atoms with Crippen molar-refractivity contribution in [2.75, 3.05) is 4.90 Å². The summed E-state index contributed by atoms with van der Waals surface area (Å²) in [6.45, 7) is 0. The Morgan fingerprint density at radius 2 is 0.765 bits per heavy atom. The number of para-hydroxylation sites is 2. The molecule has 3 nitrogen and oxygen atoms in total. The molecule has 0 atom stereocenters. The van der Waals surface area contributed by atoms with Crippen LogP contribution in [0, 0.1) is 0 Å². The highest BCUT2D eigenvalue weighted by Crippen LogP contribution is 2.44. The van der Waals surface area contributed by atoms with Crippen LogP contribution in [0.4, 0.5) is 17.1 Å². The fourth-order valence-electron chi connectivity index (χ4n) is 7.33. The number of furan rings is 2. The summed E-state index contributed by atoms with van der Waals surface area (Å²) in [5.74, 6) is 0. The average molecular weight is 654 g/mol. The van der Waals surface area contributed by atoms with Crippen LogP contribution >= 0.6 is 0 Å². The Bertz CT molecular complexity index is 2820. The number of hydrogen-bond donors (Lipinski definition) is 0. The smallest absolute Gasteiger partial charge is 0.159 e. The van der Waals surface area contributed by atoms with E-state index < -0.39 is 0 Å². The zero-order valence-corrected chi connectivity index (χ0v) is 27.7. The van der Waals surface area contributed by atoms with Gasteiger partial charge in [-0.05, 0) is 88.0 Å². The molecule has 0 spiro atoms. The number of fused-ring (bicyclic) bond motifs is 6. The second kappa shape index (κ2) is 11.9. The highest BCUT2D eigenvalue weighted by atomic mass is 16.3. The van der Waals surface area contributed by atoms with Crippen LogP contribution in [-0.2, 0) is 0 Å². The Balaban J connectivity index is 1.07. The van der Waals surface area contributed by atoms with Crippen molar-refractivity contribution < 1.29 is 8.83 Å².